The lowest BCUT2D eigenvalue weighted by Gasteiger charge is -2.32. The number of aromatic nitrogens is 4. The van der Waals surface area contributed by atoms with Crippen LogP contribution in [-0.4, -0.2) is 37.8 Å². The maximum Gasteiger partial charge on any atom is 0.162 e. The van der Waals surface area contributed by atoms with E-state index in [-0.39, 0.29) is 0 Å². The number of hydrogen-bond acceptors (Lipinski definition) is 7. The Morgan fingerprint density at radius 1 is 1.32 bits per heavy atom. The Morgan fingerprint density at radius 2 is 2.16 bits per heavy atom. The summed E-state index contributed by atoms with van der Waals surface area (Å²) in [6.45, 7) is 3.99. The maximum atomic E-state index is 4.28. The first-order valence-electron chi connectivity index (χ1n) is 6.39. The Hall–Kier alpha value is -1.76. The van der Waals surface area contributed by atoms with Crippen LogP contribution in [0.1, 0.15) is 18.5 Å². The average molecular weight is 276 g/mol. The molecule has 0 atom stereocenters. The van der Waals surface area contributed by atoms with E-state index in [9.17, 15) is 0 Å². The molecule has 6 nitrogen and oxygen atoms in total. The van der Waals surface area contributed by atoms with E-state index < -0.39 is 0 Å². The van der Waals surface area contributed by atoms with Crippen molar-refractivity contribution < 1.29 is 0 Å². The van der Waals surface area contributed by atoms with Crippen molar-refractivity contribution in [3.8, 4) is 0 Å². The lowest BCUT2D eigenvalue weighted by molar-refractivity contribution is 0.523. The van der Waals surface area contributed by atoms with E-state index in [4.69, 9.17) is 0 Å². The van der Waals surface area contributed by atoms with E-state index in [2.05, 4.69) is 28.9 Å². The number of nitrogens with one attached hydrogen (secondary N) is 1. The molecule has 0 unspecified atom stereocenters. The van der Waals surface area contributed by atoms with Gasteiger partial charge in [0.05, 0.1) is 17.9 Å². The van der Waals surface area contributed by atoms with Gasteiger partial charge >= 0.3 is 0 Å². The van der Waals surface area contributed by atoms with Crippen molar-refractivity contribution in [3.05, 3.63) is 24.3 Å². The zero-order chi connectivity index (χ0) is 13.1. The third-order valence-electron chi connectivity index (χ3n) is 3.32. The molecule has 7 heteroatoms. The number of anilines is 2. The van der Waals surface area contributed by atoms with E-state index in [0.29, 0.717) is 6.04 Å². The highest BCUT2D eigenvalue weighted by atomic mass is 32.1. The van der Waals surface area contributed by atoms with Crippen LogP contribution < -0.4 is 10.2 Å². The Balaban J connectivity index is 1.56. The molecule has 2 aromatic heterocycles. The number of hydrogen-bond donors (Lipinski definition) is 1. The van der Waals surface area contributed by atoms with E-state index in [1.165, 1.54) is 11.7 Å². The van der Waals surface area contributed by atoms with Gasteiger partial charge in [0.1, 0.15) is 12.1 Å². The number of nitrogens with zero attached hydrogens (tertiary/aromatic N) is 5. The van der Waals surface area contributed by atoms with Crippen LogP contribution in [0.15, 0.2) is 18.6 Å². The number of rotatable bonds is 3. The quantitative estimate of drug-likeness (QED) is 0.920. The highest BCUT2D eigenvalue weighted by Crippen LogP contribution is 2.20. The third kappa shape index (κ3) is 2.98. The van der Waals surface area contributed by atoms with Gasteiger partial charge in [-0.2, -0.15) is 8.75 Å². The zero-order valence-electron chi connectivity index (χ0n) is 10.8. The van der Waals surface area contributed by atoms with Crippen LogP contribution in [0.3, 0.4) is 0 Å². The van der Waals surface area contributed by atoms with E-state index in [0.717, 1.165) is 43.3 Å². The van der Waals surface area contributed by atoms with Gasteiger partial charge in [-0.1, -0.05) is 0 Å². The third-order valence-corrected chi connectivity index (χ3v) is 3.79. The summed E-state index contributed by atoms with van der Waals surface area (Å²) in [7, 11) is 0. The zero-order valence-corrected chi connectivity index (χ0v) is 11.6. The highest BCUT2D eigenvalue weighted by molar-refractivity contribution is 6.99. The van der Waals surface area contributed by atoms with E-state index in [1.54, 1.807) is 6.33 Å². The molecular formula is C12H16N6S. The predicted molar refractivity (Wildman–Crippen MR) is 75.5 cm³/mol. The smallest absolute Gasteiger partial charge is 0.162 e. The lowest BCUT2D eigenvalue weighted by atomic mass is 10.1. The molecule has 3 rings (SSSR count). The molecule has 1 fully saturated rings. The van der Waals surface area contributed by atoms with Crippen molar-refractivity contribution in [1.29, 1.82) is 0 Å². The molecule has 1 aliphatic heterocycles. The average Bonchev–Trinajstić information content (AvgIpc) is 2.94. The van der Waals surface area contributed by atoms with Gasteiger partial charge in [0.15, 0.2) is 5.82 Å². The van der Waals surface area contributed by atoms with Crippen LogP contribution in [0.25, 0.3) is 0 Å². The molecule has 1 N–H and O–H groups in total. The fourth-order valence-corrected chi connectivity index (χ4v) is 2.73. The van der Waals surface area contributed by atoms with Crippen LogP contribution in [0, 0.1) is 6.92 Å². The Morgan fingerprint density at radius 3 is 2.84 bits per heavy atom. The molecule has 0 aliphatic carbocycles. The van der Waals surface area contributed by atoms with Gasteiger partial charge < -0.3 is 10.2 Å². The molecule has 0 aromatic carbocycles. The minimum absolute atomic E-state index is 0.470. The number of piperidine rings is 1. The molecule has 2 aromatic rings. The Labute approximate surface area is 116 Å². The second-order valence-corrected chi connectivity index (χ2v) is 5.27. The Bertz CT molecular complexity index is 521. The summed E-state index contributed by atoms with van der Waals surface area (Å²) in [6.07, 6.45) is 5.61. The molecule has 0 saturated carbocycles. The summed E-state index contributed by atoms with van der Waals surface area (Å²) >= 11 is 1.26. The highest BCUT2D eigenvalue weighted by Gasteiger charge is 2.20. The lowest BCUT2D eigenvalue weighted by Crippen LogP contribution is -2.39. The first-order valence-corrected chi connectivity index (χ1v) is 7.12. The van der Waals surface area contributed by atoms with Crippen molar-refractivity contribution in [2.75, 3.05) is 23.3 Å². The van der Waals surface area contributed by atoms with Crippen LogP contribution >= 0.6 is 11.7 Å². The SMILES string of the molecule is Cc1cc(NC2CCN(c3cnsn3)CC2)ncn1. The van der Waals surface area contributed by atoms with Crippen molar-refractivity contribution in [2.24, 2.45) is 0 Å². The first-order chi connectivity index (χ1) is 9.31. The predicted octanol–water partition coefficient (Wildman–Crippen LogP) is 1.72. The van der Waals surface area contributed by atoms with Crippen LogP contribution in [0.2, 0.25) is 0 Å². The van der Waals surface area contributed by atoms with E-state index in [1.807, 2.05) is 19.2 Å². The monoisotopic (exact) mass is 276 g/mol. The van der Waals surface area contributed by atoms with Gasteiger partial charge in [0.25, 0.3) is 0 Å². The molecule has 3 heterocycles. The summed E-state index contributed by atoms with van der Waals surface area (Å²) < 4.78 is 8.33. The molecule has 0 radical (unpaired) electrons. The number of aryl methyl sites for hydroxylation is 1. The normalized spacial score (nSPS) is 16.6. The minimum atomic E-state index is 0.470. The van der Waals surface area contributed by atoms with Crippen LogP contribution in [0.5, 0.6) is 0 Å². The van der Waals surface area contributed by atoms with Crippen molar-refractivity contribution in [2.45, 2.75) is 25.8 Å². The van der Waals surface area contributed by atoms with Gasteiger partial charge in [-0.3, -0.25) is 0 Å². The van der Waals surface area contributed by atoms with Gasteiger partial charge in [-0.05, 0) is 19.8 Å². The summed E-state index contributed by atoms with van der Waals surface area (Å²) in [5, 5.41) is 3.48. The van der Waals surface area contributed by atoms with Gasteiger partial charge in [0.2, 0.25) is 0 Å². The topological polar surface area (TPSA) is 66.8 Å². The second kappa shape index (κ2) is 5.48. The summed E-state index contributed by atoms with van der Waals surface area (Å²) in [5.41, 5.74) is 0.989. The molecule has 19 heavy (non-hydrogen) atoms. The molecule has 1 saturated heterocycles. The van der Waals surface area contributed by atoms with Crippen LogP contribution in [0.4, 0.5) is 11.6 Å². The van der Waals surface area contributed by atoms with Gasteiger partial charge in [-0.25, -0.2) is 9.97 Å². The standard InChI is InChI=1S/C12H16N6S/c1-9-6-11(14-8-13-9)16-10-2-4-18(5-3-10)12-7-15-19-17-12/h6-8,10H,2-5H2,1H3,(H,13,14,16). The molecule has 0 amide bonds. The molecule has 0 spiro atoms. The van der Waals surface area contributed by atoms with Crippen LogP contribution in [-0.2, 0) is 0 Å². The van der Waals surface area contributed by atoms with Crippen molar-refractivity contribution in [3.63, 3.8) is 0 Å². The van der Waals surface area contributed by atoms with E-state index >= 15 is 0 Å². The summed E-state index contributed by atoms with van der Waals surface area (Å²) in [5.74, 6) is 1.92. The fraction of sp³-hybridized carbons (Fsp3) is 0.500. The largest absolute Gasteiger partial charge is 0.367 e. The summed E-state index contributed by atoms with van der Waals surface area (Å²) in [4.78, 5) is 10.6. The molecule has 1 aliphatic rings. The summed E-state index contributed by atoms with van der Waals surface area (Å²) in [6, 6.07) is 2.45. The minimum Gasteiger partial charge on any atom is -0.367 e. The van der Waals surface area contributed by atoms with Gasteiger partial charge in [-0.15, -0.1) is 0 Å². The molecule has 0 bridgehead atoms. The Kier molecular flexibility index (Phi) is 3.54. The maximum absolute atomic E-state index is 4.28. The van der Waals surface area contributed by atoms with Gasteiger partial charge in [0, 0.05) is 30.9 Å². The van der Waals surface area contributed by atoms with Crippen molar-refractivity contribution >= 4 is 23.4 Å². The molecular weight excluding hydrogens is 260 g/mol. The molecule has 100 valence electrons. The van der Waals surface area contributed by atoms with Crippen molar-refractivity contribution in [1.82, 2.24) is 18.7 Å². The first kappa shape index (κ1) is 12.3. The second-order valence-electron chi connectivity index (χ2n) is 4.72. The fourth-order valence-electron chi connectivity index (χ4n) is 2.29.